The third kappa shape index (κ3) is 2.52. The molecule has 0 unspecified atom stereocenters. The minimum atomic E-state index is -0.236. The number of benzene rings is 1. The Bertz CT molecular complexity index is 551. The van der Waals surface area contributed by atoms with Crippen LogP contribution in [0.4, 0.5) is 11.4 Å². The number of hydrogen-bond acceptors (Lipinski definition) is 4. The SMILES string of the molecule is CCC1(C(=O)Nc2cc3c(cc2N)OCCO3)CCCC1. The van der Waals surface area contributed by atoms with E-state index in [0.29, 0.717) is 36.1 Å². The fourth-order valence-electron chi connectivity index (χ4n) is 3.26. The molecule has 0 radical (unpaired) electrons. The van der Waals surface area contributed by atoms with Gasteiger partial charge in [0.25, 0.3) is 0 Å². The largest absolute Gasteiger partial charge is 0.486 e. The van der Waals surface area contributed by atoms with Crippen LogP contribution in [0.25, 0.3) is 0 Å². The van der Waals surface area contributed by atoms with Gasteiger partial charge in [0.15, 0.2) is 11.5 Å². The average Bonchev–Trinajstić information content (AvgIpc) is 2.98. The maximum atomic E-state index is 12.6. The zero-order valence-corrected chi connectivity index (χ0v) is 12.4. The molecule has 3 N–H and O–H groups in total. The molecule has 0 aromatic heterocycles. The molecule has 1 aliphatic carbocycles. The van der Waals surface area contributed by atoms with E-state index in [2.05, 4.69) is 12.2 Å². The number of nitrogens with one attached hydrogen (secondary N) is 1. The molecule has 1 saturated carbocycles. The number of fused-ring (bicyclic) bond motifs is 1. The summed E-state index contributed by atoms with van der Waals surface area (Å²) in [7, 11) is 0. The van der Waals surface area contributed by atoms with Gasteiger partial charge in [0.2, 0.25) is 5.91 Å². The molecule has 1 fully saturated rings. The number of nitrogens with two attached hydrogens (primary N) is 1. The van der Waals surface area contributed by atoms with Crippen molar-refractivity contribution in [3.05, 3.63) is 12.1 Å². The number of rotatable bonds is 3. The van der Waals surface area contributed by atoms with Crippen molar-refractivity contribution < 1.29 is 14.3 Å². The number of ether oxygens (including phenoxy) is 2. The number of amides is 1. The van der Waals surface area contributed by atoms with Crippen LogP contribution >= 0.6 is 0 Å². The molecule has 1 aromatic carbocycles. The van der Waals surface area contributed by atoms with E-state index in [1.165, 1.54) is 0 Å². The molecule has 5 heteroatoms. The van der Waals surface area contributed by atoms with Gasteiger partial charge in [-0.3, -0.25) is 4.79 Å². The van der Waals surface area contributed by atoms with Gasteiger partial charge in [-0.05, 0) is 19.3 Å². The van der Waals surface area contributed by atoms with E-state index >= 15 is 0 Å². The minimum Gasteiger partial charge on any atom is -0.486 e. The first kappa shape index (κ1) is 14.0. The summed E-state index contributed by atoms with van der Waals surface area (Å²) in [6.45, 7) is 3.12. The van der Waals surface area contributed by atoms with Crippen LogP contribution in [0.15, 0.2) is 12.1 Å². The smallest absolute Gasteiger partial charge is 0.230 e. The first-order valence-electron chi connectivity index (χ1n) is 7.65. The van der Waals surface area contributed by atoms with Gasteiger partial charge in [0.05, 0.1) is 11.4 Å². The highest BCUT2D eigenvalue weighted by Gasteiger charge is 2.39. The number of nitrogen functional groups attached to an aromatic ring is 1. The Hall–Kier alpha value is -1.91. The number of hydrogen-bond donors (Lipinski definition) is 2. The molecule has 1 aromatic rings. The average molecular weight is 290 g/mol. The van der Waals surface area contributed by atoms with Gasteiger partial charge < -0.3 is 20.5 Å². The molecule has 3 rings (SSSR count). The Morgan fingerprint density at radius 3 is 2.48 bits per heavy atom. The second kappa shape index (κ2) is 5.47. The van der Waals surface area contributed by atoms with E-state index in [1.54, 1.807) is 12.1 Å². The van der Waals surface area contributed by atoms with E-state index in [9.17, 15) is 4.79 Å². The minimum absolute atomic E-state index is 0.0749. The van der Waals surface area contributed by atoms with E-state index in [4.69, 9.17) is 15.2 Å². The van der Waals surface area contributed by atoms with Gasteiger partial charge in [-0.15, -0.1) is 0 Å². The fourth-order valence-corrected chi connectivity index (χ4v) is 3.26. The maximum Gasteiger partial charge on any atom is 0.230 e. The number of anilines is 2. The maximum absolute atomic E-state index is 12.6. The lowest BCUT2D eigenvalue weighted by Gasteiger charge is -2.27. The van der Waals surface area contributed by atoms with Crippen molar-refractivity contribution in [1.82, 2.24) is 0 Å². The summed E-state index contributed by atoms with van der Waals surface area (Å²) in [4.78, 5) is 12.6. The molecule has 0 bridgehead atoms. The van der Waals surface area contributed by atoms with Crippen molar-refractivity contribution in [2.75, 3.05) is 24.3 Å². The molecule has 1 aliphatic heterocycles. The van der Waals surface area contributed by atoms with E-state index in [1.807, 2.05) is 0 Å². The summed E-state index contributed by atoms with van der Waals surface area (Å²) >= 11 is 0. The first-order valence-corrected chi connectivity index (χ1v) is 7.65. The molecule has 0 atom stereocenters. The summed E-state index contributed by atoms with van der Waals surface area (Å²) in [6, 6.07) is 3.48. The normalized spacial score (nSPS) is 19.3. The molecule has 114 valence electrons. The molecule has 2 aliphatic rings. The zero-order chi connectivity index (χ0) is 14.9. The molecular weight excluding hydrogens is 268 g/mol. The van der Waals surface area contributed by atoms with Crippen LogP contribution in [-0.4, -0.2) is 19.1 Å². The summed E-state index contributed by atoms with van der Waals surface area (Å²) in [5.74, 6) is 1.36. The van der Waals surface area contributed by atoms with Gasteiger partial charge in [-0.25, -0.2) is 0 Å². The van der Waals surface area contributed by atoms with E-state index < -0.39 is 0 Å². The van der Waals surface area contributed by atoms with E-state index in [-0.39, 0.29) is 11.3 Å². The van der Waals surface area contributed by atoms with Crippen LogP contribution in [0.5, 0.6) is 11.5 Å². The van der Waals surface area contributed by atoms with Gasteiger partial charge >= 0.3 is 0 Å². The van der Waals surface area contributed by atoms with Crippen LogP contribution in [0.1, 0.15) is 39.0 Å². The highest BCUT2D eigenvalue weighted by molar-refractivity contribution is 5.98. The van der Waals surface area contributed by atoms with Crippen molar-refractivity contribution in [3.63, 3.8) is 0 Å². The lowest BCUT2D eigenvalue weighted by molar-refractivity contribution is -0.125. The van der Waals surface area contributed by atoms with Gasteiger partial charge in [0.1, 0.15) is 13.2 Å². The zero-order valence-electron chi connectivity index (χ0n) is 12.4. The predicted octanol–water partition coefficient (Wildman–Crippen LogP) is 2.95. The molecule has 21 heavy (non-hydrogen) atoms. The van der Waals surface area contributed by atoms with Gasteiger partial charge in [0, 0.05) is 17.5 Å². The summed E-state index contributed by atoms with van der Waals surface area (Å²) < 4.78 is 11.0. The van der Waals surface area contributed by atoms with Crippen LogP contribution in [0, 0.1) is 5.41 Å². The Labute approximate surface area is 124 Å². The summed E-state index contributed by atoms with van der Waals surface area (Å²) in [5.41, 5.74) is 6.92. The predicted molar refractivity (Wildman–Crippen MR) is 81.7 cm³/mol. The second-order valence-corrected chi connectivity index (χ2v) is 5.88. The van der Waals surface area contributed by atoms with Crippen molar-refractivity contribution in [3.8, 4) is 11.5 Å². The Balaban J connectivity index is 1.82. The third-order valence-corrected chi connectivity index (χ3v) is 4.68. The topological polar surface area (TPSA) is 73.6 Å². The van der Waals surface area contributed by atoms with Crippen LogP contribution in [-0.2, 0) is 4.79 Å². The molecule has 1 amide bonds. The van der Waals surface area contributed by atoms with Crippen molar-refractivity contribution in [2.24, 2.45) is 5.41 Å². The monoisotopic (exact) mass is 290 g/mol. The van der Waals surface area contributed by atoms with Crippen molar-refractivity contribution in [2.45, 2.75) is 39.0 Å². The van der Waals surface area contributed by atoms with E-state index in [0.717, 1.165) is 32.1 Å². The lowest BCUT2D eigenvalue weighted by atomic mass is 9.82. The lowest BCUT2D eigenvalue weighted by Crippen LogP contribution is -2.33. The van der Waals surface area contributed by atoms with Gasteiger partial charge in [-0.2, -0.15) is 0 Å². The molecule has 5 nitrogen and oxygen atoms in total. The highest BCUT2D eigenvalue weighted by atomic mass is 16.6. The highest BCUT2D eigenvalue weighted by Crippen LogP contribution is 2.43. The molecule has 1 heterocycles. The Morgan fingerprint density at radius 1 is 1.24 bits per heavy atom. The fraction of sp³-hybridized carbons (Fsp3) is 0.562. The molecule has 0 saturated heterocycles. The van der Waals surface area contributed by atoms with Crippen LogP contribution in [0.3, 0.4) is 0 Å². The quantitative estimate of drug-likeness (QED) is 0.839. The van der Waals surface area contributed by atoms with Crippen LogP contribution < -0.4 is 20.5 Å². The standard InChI is InChI=1S/C16H22N2O3/c1-2-16(5-3-4-6-16)15(19)18-12-10-14-13(9-11(12)17)20-7-8-21-14/h9-10H,2-8,17H2,1H3,(H,18,19). The number of carbonyl (C=O) groups excluding carboxylic acids is 1. The number of carbonyl (C=O) groups is 1. The third-order valence-electron chi connectivity index (χ3n) is 4.68. The first-order chi connectivity index (χ1) is 10.1. The van der Waals surface area contributed by atoms with Crippen LogP contribution in [0.2, 0.25) is 0 Å². The molecular formula is C16H22N2O3. The summed E-state index contributed by atoms with van der Waals surface area (Å²) in [6.07, 6.45) is 5.03. The van der Waals surface area contributed by atoms with Crippen molar-refractivity contribution >= 4 is 17.3 Å². The Morgan fingerprint density at radius 2 is 1.86 bits per heavy atom. The second-order valence-electron chi connectivity index (χ2n) is 5.88. The molecule has 0 spiro atoms. The van der Waals surface area contributed by atoms with Gasteiger partial charge in [-0.1, -0.05) is 19.8 Å². The summed E-state index contributed by atoms with van der Waals surface area (Å²) in [5, 5.41) is 2.99. The Kier molecular flexibility index (Phi) is 3.66. The van der Waals surface area contributed by atoms with Crippen molar-refractivity contribution in [1.29, 1.82) is 0 Å².